The summed E-state index contributed by atoms with van der Waals surface area (Å²) in [5.74, 6) is 1.57. The molecule has 0 fully saturated rings. The van der Waals surface area contributed by atoms with Gasteiger partial charge in [-0.15, -0.1) is 0 Å². The Hall–Kier alpha value is -0.770. The third-order valence-corrected chi connectivity index (χ3v) is 6.29. The van der Waals surface area contributed by atoms with E-state index in [1.165, 1.54) is 70.0 Å². The van der Waals surface area contributed by atoms with Gasteiger partial charge in [0.25, 0.3) is 0 Å². The average molecular weight is 370 g/mol. The lowest BCUT2D eigenvalue weighted by Crippen LogP contribution is -2.04. The van der Waals surface area contributed by atoms with Crippen LogP contribution in [0.4, 0.5) is 0 Å². The van der Waals surface area contributed by atoms with Gasteiger partial charge < -0.3 is 10.2 Å². The van der Waals surface area contributed by atoms with Gasteiger partial charge in [-0.25, -0.2) is 0 Å². The zero-order valence-electron chi connectivity index (χ0n) is 16.4. The highest BCUT2D eigenvalue weighted by atomic mass is 32.2. The van der Waals surface area contributed by atoms with Crippen LogP contribution < -0.4 is 0 Å². The smallest absolute Gasteiger partial charge is 0.193 e. The van der Waals surface area contributed by atoms with E-state index >= 15 is 0 Å². The van der Waals surface area contributed by atoms with Crippen LogP contribution in [0.1, 0.15) is 90.9 Å². The highest BCUT2D eigenvalue weighted by Crippen LogP contribution is 2.25. The molecule has 0 saturated carbocycles. The second kappa shape index (κ2) is 14.4. The molecule has 0 saturated heterocycles. The third kappa shape index (κ3) is 10.1. The normalized spacial score (nSPS) is 12.6. The first-order chi connectivity index (χ1) is 12.2. The van der Waals surface area contributed by atoms with Gasteiger partial charge in [0.2, 0.25) is 0 Å². The topological polar surface area (TPSA) is 45.4 Å². The van der Waals surface area contributed by atoms with Crippen LogP contribution >= 0.6 is 11.8 Å². The van der Waals surface area contributed by atoms with Crippen molar-refractivity contribution in [1.29, 1.82) is 0 Å². The fraction of sp³-hybridized carbons (Fsp3) is 0.810. The predicted molar refractivity (Wildman–Crippen MR) is 111 cm³/mol. The summed E-state index contributed by atoms with van der Waals surface area (Å²) in [6.07, 6.45) is 15.7. The molecular weight excluding hydrogens is 330 g/mol. The molecule has 1 heterocycles. The Balaban J connectivity index is 2.11. The lowest BCUT2D eigenvalue weighted by molar-refractivity contribution is 0.362. The molecule has 0 aliphatic heterocycles. The van der Waals surface area contributed by atoms with Crippen LogP contribution in [0.5, 0.6) is 11.8 Å². The van der Waals surface area contributed by atoms with Gasteiger partial charge >= 0.3 is 0 Å². The maximum Gasteiger partial charge on any atom is 0.193 e. The van der Waals surface area contributed by atoms with E-state index in [9.17, 15) is 10.2 Å². The number of hydrogen-bond acceptors (Lipinski definition) is 3. The van der Waals surface area contributed by atoms with Crippen LogP contribution in [-0.2, 0) is 6.54 Å². The molecule has 0 aliphatic rings. The molecule has 0 amide bonds. The van der Waals surface area contributed by atoms with Crippen molar-refractivity contribution in [3.8, 4) is 11.8 Å². The molecule has 1 aromatic heterocycles. The molecule has 0 spiro atoms. The monoisotopic (exact) mass is 369 g/mol. The average Bonchev–Trinajstić information content (AvgIpc) is 2.93. The molecule has 0 aliphatic carbocycles. The molecule has 0 radical (unpaired) electrons. The van der Waals surface area contributed by atoms with Crippen LogP contribution in [0.2, 0.25) is 0 Å². The SMILES string of the molecule is CCCCCCCC(CCCC)SCCCCCn1c(O)ccc1O. The van der Waals surface area contributed by atoms with Crippen LogP contribution in [0.25, 0.3) is 0 Å². The Kier molecular flexibility index (Phi) is 12.8. The van der Waals surface area contributed by atoms with Crippen molar-refractivity contribution in [2.24, 2.45) is 0 Å². The Morgan fingerprint density at radius 3 is 2.08 bits per heavy atom. The maximum atomic E-state index is 9.62. The summed E-state index contributed by atoms with van der Waals surface area (Å²) in [6, 6.07) is 3.09. The number of aromatic nitrogens is 1. The molecule has 1 atom stereocenters. The zero-order valence-corrected chi connectivity index (χ0v) is 17.2. The molecule has 1 rings (SSSR count). The highest BCUT2D eigenvalue weighted by Gasteiger charge is 2.09. The molecule has 2 N–H and O–H groups in total. The first-order valence-corrected chi connectivity index (χ1v) is 11.4. The number of aromatic hydroxyl groups is 2. The van der Waals surface area contributed by atoms with E-state index in [0.717, 1.165) is 18.1 Å². The second-order valence-corrected chi connectivity index (χ2v) is 8.51. The highest BCUT2D eigenvalue weighted by molar-refractivity contribution is 7.99. The molecule has 3 nitrogen and oxygen atoms in total. The Morgan fingerprint density at radius 2 is 1.40 bits per heavy atom. The van der Waals surface area contributed by atoms with Crippen molar-refractivity contribution in [2.45, 2.75) is 103 Å². The van der Waals surface area contributed by atoms with Crippen molar-refractivity contribution < 1.29 is 10.2 Å². The summed E-state index contributed by atoms with van der Waals surface area (Å²) in [5.41, 5.74) is 0. The van der Waals surface area contributed by atoms with E-state index in [2.05, 4.69) is 25.6 Å². The molecule has 1 aromatic rings. The summed E-state index contributed by atoms with van der Waals surface area (Å²) in [4.78, 5) is 0. The van der Waals surface area contributed by atoms with Crippen molar-refractivity contribution in [3.05, 3.63) is 12.1 Å². The van der Waals surface area contributed by atoms with Gasteiger partial charge in [-0.3, -0.25) is 4.57 Å². The van der Waals surface area contributed by atoms with E-state index in [1.807, 2.05) is 0 Å². The Morgan fingerprint density at radius 1 is 0.800 bits per heavy atom. The van der Waals surface area contributed by atoms with Gasteiger partial charge in [0.15, 0.2) is 11.8 Å². The molecule has 4 heteroatoms. The molecule has 1 unspecified atom stereocenters. The zero-order chi connectivity index (χ0) is 18.3. The maximum absolute atomic E-state index is 9.62. The van der Waals surface area contributed by atoms with E-state index < -0.39 is 0 Å². The first-order valence-electron chi connectivity index (χ1n) is 10.4. The summed E-state index contributed by atoms with van der Waals surface area (Å²) in [7, 11) is 0. The summed E-state index contributed by atoms with van der Waals surface area (Å²) in [5, 5.41) is 20.1. The van der Waals surface area contributed by atoms with Gasteiger partial charge in [0, 0.05) is 23.9 Å². The summed E-state index contributed by atoms with van der Waals surface area (Å²) < 4.78 is 1.58. The molecule has 0 aromatic carbocycles. The van der Waals surface area contributed by atoms with E-state index in [4.69, 9.17) is 0 Å². The minimum atomic E-state index is 0.162. The standard InChI is InChI=1S/C21H39NO2S/c1-3-5-7-8-10-14-19(13-6-4-2)25-18-12-9-11-17-22-20(23)15-16-21(22)24/h15-16,19,23-24H,3-14,17-18H2,1-2H3. The van der Waals surface area contributed by atoms with Crippen molar-refractivity contribution >= 4 is 11.8 Å². The van der Waals surface area contributed by atoms with Crippen LogP contribution in [0, 0.1) is 0 Å². The Labute approximate surface area is 159 Å². The molecular formula is C21H39NO2S. The van der Waals surface area contributed by atoms with Gasteiger partial charge in [0.1, 0.15) is 0 Å². The quantitative estimate of drug-likeness (QED) is 0.318. The number of hydrogen-bond donors (Lipinski definition) is 2. The fourth-order valence-corrected chi connectivity index (χ4v) is 4.56. The van der Waals surface area contributed by atoms with Crippen LogP contribution in [0.15, 0.2) is 12.1 Å². The number of thioether (sulfide) groups is 1. The van der Waals surface area contributed by atoms with Crippen molar-refractivity contribution in [2.75, 3.05) is 5.75 Å². The first kappa shape index (κ1) is 22.3. The molecule has 0 bridgehead atoms. The van der Waals surface area contributed by atoms with E-state index in [0.29, 0.717) is 6.54 Å². The third-order valence-electron chi connectivity index (χ3n) is 4.82. The minimum absolute atomic E-state index is 0.162. The minimum Gasteiger partial charge on any atom is -0.494 e. The second-order valence-electron chi connectivity index (χ2n) is 7.10. The van der Waals surface area contributed by atoms with Crippen molar-refractivity contribution in [3.63, 3.8) is 0 Å². The summed E-state index contributed by atoms with van der Waals surface area (Å²) in [6.45, 7) is 5.26. The predicted octanol–water partition coefficient (Wildman–Crippen LogP) is 6.72. The summed E-state index contributed by atoms with van der Waals surface area (Å²) >= 11 is 2.17. The van der Waals surface area contributed by atoms with Crippen LogP contribution in [0.3, 0.4) is 0 Å². The van der Waals surface area contributed by atoms with E-state index in [-0.39, 0.29) is 11.8 Å². The lowest BCUT2D eigenvalue weighted by Gasteiger charge is -2.16. The number of rotatable bonds is 16. The van der Waals surface area contributed by atoms with Gasteiger partial charge in [-0.2, -0.15) is 11.8 Å². The number of unbranched alkanes of at least 4 members (excludes halogenated alkanes) is 7. The fourth-order valence-electron chi connectivity index (χ4n) is 3.19. The number of nitrogens with zero attached hydrogens (tertiary/aromatic N) is 1. The van der Waals surface area contributed by atoms with Gasteiger partial charge in [-0.05, 0) is 31.4 Å². The van der Waals surface area contributed by atoms with Gasteiger partial charge in [0.05, 0.1) is 0 Å². The van der Waals surface area contributed by atoms with Crippen LogP contribution in [-0.4, -0.2) is 25.8 Å². The van der Waals surface area contributed by atoms with E-state index in [1.54, 1.807) is 16.7 Å². The van der Waals surface area contributed by atoms with Gasteiger partial charge in [-0.1, -0.05) is 65.2 Å². The lowest BCUT2D eigenvalue weighted by atomic mass is 10.1. The molecule has 146 valence electrons. The Bertz CT molecular complexity index is 414. The largest absolute Gasteiger partial charge is 0.494 e. The molecule has 25 heavy (non-hydrogen) atoms. The van der Waals surface area contributed by atoms with Crippen molar-refractivity contribution in [1.82, 2.24) is 4.57 Å².